The Labute approximate surface area is 133 Å². The highest BCUT2D eigenvalue weighted by atomic mass is 32.2. The molecule has 0 spiro atoms. The molecule has 0 bridgehead atoms. The topological polar surface area (TPSA) is 66.5 Å². The van der Waals surface area contributed by atoms with Crippen molar-refractivity contribution >= 4 is 38.6 Å². The van der Waals surface area contributed by atoms with E-state index in [4.69, 9.17) is 0 Å². The lowest BCUT2D eigenvalue weighted by molar-refractivity contribution is -0.116. The molecule has 2 heterocycles. The van der Waals surface area contributed by atoms with Gasteiger partial charge in [-0.15, -0.1) is 11.3 Å². The lowest BCUT2D eigenvalue weighted by Gasteiger charge is -2.29. The predicted octanol–water partition coefficient (Wildman–Crippen LogP) is 2.85. The summed E-state index contributed by atoms with van der Waals surface area (Å²) in [7, 11) is -3.54. The van der Waals surface area contributed by atoms with Crippen LogP contribution in [-0.2, 0) is 21.2 Å². The van der Waals surface area contributed by atoms with Gasteiger partial charge in [-0.25, -0.2) is 8.42 Å². The number of carbonyl (C=O) groups is 1. The van der Waals surface area contributed by atoms with E-state index in [0.29, 0.717) is 12.2 Å². The molecule has 1 aromatic carbocycles. The van der Waals surface area contributed by atoms with Crippen LogP contribution in [0, 0.1) is 0 Å². The second-order valence-corrected chi connectivity index (χ2v) is 8.01. The molecule has 7 heteroatoms. The van der Waals surface area contributed by atoms with Crippen molar-refractivity contribution in [3.63, 3.8) is 0 Å². The number of rotatable bonds is 3. The summed E-state index contributed by atoms with van der Waals surface area (Å²) in [5.41, 5.74) is 2.39. The molecule has 1 N–H and O–H groups in total. The van der Waals surface area contributed by atoms with E-state index in [0.717, 1.165) is 24.1 Å². The van der Waals surface area contributed by atoms with Gasteiger partial charge in [-0.05, 0) is 48.1 Å². The minimum atomic E-state index is -3.54. The number of nitrogens with zero attached hydrogens (tertiary/aromatic N) is 1. The number of benzene rings is 1. The van der Waals surface area contributed by atoms with Gasteiger partial charge in [0.1, 0.15) is 4.21 Å². The van der Waals surface area contributed by atoms with Crippen LogP contribution >= 0.6 is 11.3 Å². The van der Waals surface area contributed by atoms with Crippen LogP contribution in [0.15, 0.2) is 39.9 Å². The summed E-state index contributed by atoms with van der Waals surface area (Å²) >= 11 is 1.18. The van der Waals surface area contributed by atoms with Gasteiger partial charge in [0.2, 0.25) is 5.91 Å². The van der Waals surface area contributed by atoms with Crippen molar-refractivity contribution in [1.82, 2.24) is 0 Å². The Morgan fingerprint density at radius 1 is 1.32 bits per heavy atom. The number of nitrogens with one attached hydrogen (secondary N) is 1. The fourth-order valence-corrected chi connectivity index (χ4v) is 4.65. The summed E-state index contributed by atoms with van der Waals surface area (Å²) in [6.07, 6.45) is 1.72. The zero-order valence-corrected chi connectivity index (χ0v) is 13.7. The molecule has 1 aliphatic rings. The largest absolute Gasteiger partial charge is 0.312 e. The van der Waals surface area contributed by atoms with Gasteiger partial charge < -0.3 is 4.90 Å². The third-order valence-electron chi connectivity index (χ3n) is 3.59. The summed E-state index contributed by atoms with van der Waals surface area (Å²) in [4.78, 5) is 13.4. The Kier molecular flexibility index (Phi) is 3.92. The summed E-state index contributed by atoms with van der Waals surface area (Å²) < 4.78 is 27.4. The summed E-state index contributed by atoms with van der Waals surface area (Å²) in [5.74, 6) is 0.00728. The molecule has 5 nitrogen and oxygen atoms in total. The molecule has 0 unspecified atom stereocenters. The third kappa shape index (κ3) is 2.86. The van der Waals surface area contributed by atoms with Crippen LogP contribution in [0.2, 0.25) is 0 Å². The van der Waals surface area contributed by atoms with Gasteiger partial charge in [-0.1, -0.05) is 6.07 Å². The monoisotopic (exact) mass is 336 g/mol. The highest BCUT2D eigenvalue weighted by Crippen LogP contribution is 2.30. The standard InChI is InChI=1S/C15H16N2O3S2/c1-11(18)17-8-2-4-12-10-13(6-7-14(12)17)16-22(19,20)15-5-3-9-21-15/h3,5-7,9-10,16H,2,4,8H2,1H3. The minimum Gasteiger partial charge on any atom is -0.312 e. The van der Waals surface area contributed by atoms with E-state index in [1.807, 2.05) is 12.1 Å². The first-order valence-corrected chi connectivity index (χ1v) is 9.31. The van der Waals surface area contributed by atoms with Crippen LogP contribution in [0.3, 0.4) is 0 Å². The van der Waals surface area contributed by atoms with Crippen LogP contribution in [0.1, 0.15) is 18.9 Å². The van der Waals surface area contributed by atoms with Crippen molar-refractivity contribution < 1.29 is 13.2 Å². The molecule has 1 aliphatic heterocycles. The number of aryl methyl sites for hydroxylation is 1. The smallest absolute Gasteiger partial charge is 0.271 e. The first kappa shape index (κ1) is 15.1. The SMILES string of the molecule is CC(=O)N1CCCc2cc(NS(=O)(=O)c3cccs3)ccc21. The van der Waals surface area contributed by atoms with Crippen LogP contribution < -0.4 is 9.62 Å². The van der Waals surface area contributed by atoms with Crippen molar-refractivity contribution in [2.75, 3.05) is 16.2 Å². The molecule has 22 heavy (non-hydrogen) atoms. The van der Waals surface area contributed by atoms with Crippen molar-refractivity contribution in [3.8, 4) is 0 Å². The van der Waals surface area contributed by atoms with Gasteiger partial charge >= 0.3 is 0 Å². The molecular formula is C15H16N2O3S2. The van der Waals surface area contributed by atoms with Crippen molar-refractivity contribution in [2.45, 2.75) is 24.0 Å². The lowest BCUT2D eigenvalue weighted by Crippen LogP contribution is -2.33. The summed E-state index contributed by atoms with van der Waals surface area (Å²) in [6, 6.07) is 8.60. The highest BCUT2D eigenvalue weighted by molar-refractivity contribution is 7.94. The normalized spacial score (nSPS) is 14.5. The van der Waals surface area contributed by atoms with Gasteiger partial charge in [-0.3, -0.25) is 9.52 Å². The van der Waals surface area contributed by atoms with Crippen LogP contribution in [0.25, 0.3) is 0 Å². The van der Waals surface area contributed by atoms with E-state index in [9.17, 15) is 13.2 Å². The Bertz CT molecular complexity index is 798. The number of anilines is 2. The molecule has 2 aromatic rings. The second-order valence-electron chi connectivity index (χ2n) is 5.16. The molecule has 0 aliphatic carbocycles. The van der Waals surface area contributed by atoms with Crippen LogP contribution in [-0.4, -0.2) is 20.9 Å². The molecule has 0 saturated carbocycles. The number of fused-ring (bicyclic) bond motifs is 1. The number of sulfonamides is 1. The average Bonchev–Trinajstić information content (AvgIpc) is 3.01. The zero-order valence-electron chi connectivity index (χ0n) is 12.1. The van der Waals surface area contributed by atoms with Gasteiger partial charge in [-0.2, -0.15) is 0 Å². The number of amides is 1. The van der Waals surface area contributed by atoms with Crippen LogP contribution in [0.4, 0.5) is 11.4 Å². The maximum Gasteiger partial charge on any atom is 0.271 e. The summed E-state index contributed by atoms with van der Waals surface area (Å²) in [5, 5.41) is 1.73. The van der Waals surface area contributed by atoms with Gasteiger partial charge in [0, 0.05) is 24.8 Å². The molecule has 1 aromatic heterocycles. The molecule has 0 saturated heterocycles. The first-order chi connectivity index (χ1) is 10.5. The van der Waals surface area contributed by atoms with E-state index >= 15 is 0 Å². The van der Waals surface area contributed by atoms with E-state index in [-0.39, 0.29) is 10.1 Å². The molecular weight excluding hydrogens is 320 g/mol. The van der Waals surface area contributed by atoms with E-state index in [1.165, 1.54) is 11.3 Å². The van der Waals surface area contributed by atoms with Crippen LogP contribution in [0.5, 0.6) is 0 Å². The zero-order chi connectivity index (χ0) is 15.7. The van der Waals surface area contributed by atoms with E-state index in [1.54, 1.807) is 35.4 Å². The van der Waals surface area contributed by atoms with Gasteiger partial charge in [0.15, 0.2) is 0 Å². The van der Waals surface area contributed by atoms with Gasteiger partial charge in [0.05, 0.1) is 0 Å². The lowest BCUT2D eigenvalue weighted by atomic mass is 10.0. The van der Waals surface area contributed by atoms with Gasteiger partial charge in [0.25, 0.3) is 10.0 Å². The quantitative estimate of drug-likeness (QED) is 0.937. The van der Waals surface area contributed by atoms with E-state index < -0.39 is 10.0 Å². The van der Waals surface area contributed by atoms with Crippen molar-refractivity contribution in [1.29, 1.82) is 0 Å². The maximum atomic E-state index is 12.2. The number of hydrogen-bond donors (Lipinski definition) is 1. The predicted molar refractivity (Wildman–Crippen MR) is 87.9 cm³/mol. The summed E-state index contributed by atoms with van der Waals surface area (Å²) in [6.45, 7) is 2.26. The fraction of sp³-hybridized carbons (Fsp3) is 0.267. The Morgan fingerprint density at radius 2 is 2.14 bits per heavy atom. The number of hydrogen-bond acceptors (Lipinski definition) is 4. The van der Waals surface area contributed by atoms with Crippen molar-refractivity contribution in [3.05, 3.63) is 41.3 Å². The highest BCUT2D eigenvalue weighted by Gasteiger charge is 2.21. The molecule has 1 amide bonds. The average molecular weight is 336 g/mol. The Hall–Kier alpha value is -1.86. The molecule has 0 atom stereocenters. The van der Waals surface area contributed by atoms with Crippen molar-refractivity contribution in [2.24, 2.45) is 0 Å². The Balaban J connectivity index is 1.90. The number of thiophene rings is 1. The fourth-order valence-electron chi connectivity index (χ4n) is 2.61. The molecule has 0 radical (unpaired) electrons. The Morgan fingerprint density at radius 3 is 2.82 bits per heavy atom. The first-order valence-electron chi connectivity index (χ1n) is 6.95. The minimum absolute atomic E-state index is 0.00728. The molecule has 0 fully saturated rings. The van der Waals surface area contributed by atoms with E-state index in [2.05, 4.69) is 4.72 Å². The third-order valence-corrected chi connectivity index (χ3v) is 6.37. The maximum absolute atomic E-state index is 12.2. The number of carbonyl (C=O) groups excluding carboxylic acids is 1. The molecule has 3 rings (SSSR count). The molecule has 116 valence electrons. The second kappa shape index (κ2) is 5.73.